The van der Waals surface area contributed by atoms with E-state index in [0.29, 0.717) is 30.5 Å². The van der Waals surface area contributed by atoms with Gasteiger partial charge in [0.25, 0.3) is 0 Å². The molecule has 0 aromatic carbocycles. The normalized spacial score (nSPS) is 39.0. The van der Waals surface area contributed by atoms with Crippen molar-refractivity contribution < 1.29 is 14.3 Å². The van der Waals surface area contributed by atoms with Crippen molar-refractivity contribution in [3.05, 3.63) is 22.8 Å². The van der Waals surface area contributed by atoms with Gasteiger partial charge in [-0.3, -0.25) is 9.59 Å². The Balaban J connectivity index is 1.72. The Hall–Kier alpha value is -1.38. The second kappa shape index (κ2) is 4.56. The van der Waals surface area contributed by atoms with Crippen LogP contribution in [0.25, 0.3) is 0 Å². The van der Waals surface area contributed by atoms with Crippen LogP contribution in [0.3, 0.4) is 0 Å². The van der Waals surface area contributed by atoms with Crippen molar-refractivity contribution in [3.8, 4) is 0 Å². The van der Waals surface area contributed by atoms with Crippen LogP contribution in [0.2, 0.25) is 0 Å². The molecule has 0 N–H and O–H groups in total. The third kappa shape index (κ3) is 2.01. The van der Waals surface area contributed by atoms with Crippen LogP contribution in [0.15, 0.2) is 22.8 Å². The zero-order chi connectivity index (χ0) is 14.6. The maximum Gasteiger partial charge on any atom is 0.306 e. The smallest absolute Gasteiger partial charge is 0.306 e. The fraction of sp³-hybridized carbons (Fsp3) is 0.667. The lowest BCUT2D eigenvalue weighted by Crippen LogP contribution is -2.51. The average molecular weight is 286 g/mol. The van der Waals surface area contributed by atoms with E-state index in [9.17, 15) is 9.59 Å². The predicted molar refractivity (Wildman–Crippen MR) is 78.5 cm³/mol. The number of hydrogen-bond donors (Lipinski definition) is 0. The van der Waals surface area contributed by atoms with Crippen LogP contribution in [-0.2, 0) is 14.3 Å². The van der Waals surface area contributed by atoms with Crippen molar-refractivity contribution in [2.24, 2.45) is 11.8 Å². The van der Waals surface area contributed by atoms with Gasteiger partial charge >= 0.3 is 5.97 Å². The molecule has 3 nitrogen and oxygen atoms in total. The SMILES string of the molecule is C[C@]12CCC3=C4CCC(=O)C=C4CC[C@H]3[C@@H]1CCC(=O)O2. The molecule has 4 rings (SSSR count). The topological polar surface area (TPSA) is 43.4 Å². The van der Waals surface area contributed by atoms with Crippen molar-refractivity contribution >= 4 is 11.8 Å². The van der Waals surface area contributed by atoms with Crippen LogP contribution in [0.1, 0.15) is 58.3 Å². The maximum absolute atomic E-state index is 11.7. The number of ketones is 1. The molecule has 0 radical (unpaired) electrons. The molecule has 0 unspecified atom stereocenters. The molecule has 3 aliphatic carbocycles. The van der Waals surface area contributed by atoms with Gasteiger partial charge in [0.05, 0.1) is 0 Å². The number of hydrogen-bond acceptors (Lipinski definition) is 3. The Morgan fingerprint density at radius 1 is 1.10 bits per heavy atom. The van der Waals surface area contributed by atoms with Gasteiger partial charge in [-0.2, -0.15) is 0 Å². The van der Waals surface area contributed by atoms with E-state index in [1.165, 1.54) is 11.1 Å². The molecule has 1 aliphatic heterocycles. The largest absolute Gasteiger partial charge is 0.459 e. The van der Waals surface area contributed by atoms with Crippen LogP contribution in [0.5, 0.6) is 0 Å². The summed E-state index contributed by atoms with van der Waals surface area (Å²) in [5.41, 5.74) is 4.11. The standard InChI is InChI=1S/C18H22O3/c1-18-9-8-14-13-5-3-12(19)10-11(13)2-4-15(14)16(18)6-7-17(20)21-18/h10,15-16H,2-9H2,1H3/t15-,16+,18+/m1/s1. The summed E-state index contributed by atoms with van der Waals surface area (Å²) in [5.74, 6) is 1.31. The van der Waals surface area contributed by atoms with Crippen LogP contribution in [0.4, 0.5) is 0 Å². The van der Waals surface area contributed by atoms with E-state index in [-0.39, 0.29) is 11.6 Å². The highest BCUT2D eigenvalue weighted by Gasteiger charge is 2.50. The molecular formula is C18H22O3. The van der Waals surface area contributed by atoms with E-state index in [4.69, 9.17) is 4.74 Å². The summed E-state index contributed by atoms with van der Waals surface area (Å²) in [6.45, 7) is 2.13. The zero-order valence-corrected chi connectivity index (χ0v) is 12.6. The van der Waals surface area contributed by atoms with E-state index >= 15 is 0 Å². The van der Waals surface area contributed by atoms with Gasteiger partial charge in [-0.15, -0.1) is 0 Å². The minimum absolute atomic E-state index is 0.0236. The highest BCUT2D eigenvalue weighted by molar-refractivity contribution is 5.93. The van der Waals surface area contributed by atoms with Gasteiger partial charge in [0.1, 0.15) is 5.60 Å². The summed E-state index contributed by atoms with van der Waals surface area (Å²) >= 11 is 0. The molecule has 3 heteroatoms. The fourth-order valence-corrected chi connectivity index (χ4v) is 5.05. The van der Waals surface area contributed by atoms with Gasteiger partial charge in [0, 0.05) is 18.8 Å². The van der Waals surface area contributed by atoms with Crippen LogP contribution >= 0.6 is 0 Å². The third-order valence-electron chi connectivity index (χ3n) is 6.07. The lowest BCUT2D eigenvalue weighted by atomic mass is 9.59. The highest BCUT2D eigenvalue weighted by Crippen LogP contribution is 2.54. The first-order valence-electron chi connectivity index (χ1n) is 8.24. The Labute approximate surface area is 125 Å². The lowest BCUT2D eigenvalue weighted by Gasteiger charge is -2.51. The first-order valence-corrected chi connectivity index (χ1v) is 8.24. The average Bonchev–Trinajstić information content (AvgIpc) is 2.45. The first-order chi connectivity index (χ1) is 10.1. The second-order valence-electron chi connectivity index (χ2n) is 7.22. The molecule has 3 atom stereocenters. The van der Waals surface area contributed by atoms with E-state index < -0.39 is 0 Å². The van der Waals surface area contributed by atoms with Crippen LogP contribution < -0.4 is 0 Å². The van der Waals surface area contributed by atoms with Gasteiger partial charge < -0.3 is 4.74 Å². The molecule has 4 aliphatic rings. The molecule has 0 bridgehead atoms. The highest BCUT2D eigenvalue weighted by atomic mass is 16.6. The summed E-state index contributed by atoms with van der Waals surface area (Å²) in [6, 6.07) is 0. The predicted octanol–water partition coefficient (Wildman–Crippen LogP) is 3.49. The molecule has 2 fully saturated rings. The first kappa shape index (κ1) is 13.3. The summed E-state index contributed by atoms with van der Waals surface area (Å²) in [4.78, 5) is 23.3. The fourth-order valence-electron chi connectivity index (χ4n) is 5.05. The molecule has 1 saturated carbocycles. The second-order valence-corrected chi connectivity index (χ2v) is 7.22. The Kier molecular flexibility index (Phi) is 2.88. The van der Waals surface area contributed by atoms with Crippen molar-refractivity contribution in [2.75, 3.05) is 0 Å². The summed E-state index contributed by atoms with van der Waals surface area (Å²) in [7, 11) is 0. The molecule has 1 saturated heterocycles. The van der Waals surface area contributed by atoms with Crippen LogP contribution in [0, 0.1) is 11.8 Å². The van der Waals surface area contributed by atoms with Gasteiger partial charge in [-0.25, -0.2) is 0 Å². The van der Waals surface area contributed by atoms with Gasteiger partial charge in [0.15, 0.2) is 5.78 Å². The van der Waals surface area contributed by atoms with E-state index in [2.05, 4.69) is 6.92 Å². The van der Waals surface area contributed by atoms with E-state index in [1.807, 2.05) is 6.08 Å². The number of esters is 1. The minimum Gasteiger partial charge on any atom is -0.459 e. The zero-order valence-electron chi connectivity index (χ0n) is 12.6. The summed E-state index contributed by atoms with van der Waals surface area (Å²) in [5, 5.41) is 0. The molecule has 112 valence electrons. The monoisotopic (exact) mass is 286 g/mol. The number of fused-ring (bicyclic) bond motifs is 4. The summed E-state index contributed by atoms with van der Waals surface area (Å²) < 4.78 is 5.75. The third-order valence-corrected chi connectivity index (χ3v) is 6.07. The molecular weight excluding hydrogens is 264 g/mol. The Bertz CT molecular complexity index is 583. The molecule has 1 heterocycles. The Morgan fingerprint density at radius 2 is 1.95 bits per heavy atom. The number of allylic oxidation sites excluding steroid dienone is 4. The molecule has 0 aromatic rings. The van der Waals surface area contributed by atoms with Crippen molar-refractivity contribution in [1.82, 2.24) is 0 Å². The quantitative estimate of drug-likeness (QED) is 0.640. The lowest BCUT2D eigenvalue weighted by molar-refractivity contribution is -0.180. The maximum atomic E-state index is 11.7. The van der Waals surface area contributed by atoms with Crippen molar-refractivity contribution in [1.29, 1.82) is 0 Å². The molecule has 21 heavy (non-hydrogen) atoms. The van der Waals surface area contributed by atoms with Crippen molar-refractivity contribution in [2.45, 2.75) is 63.9 Å². The van der Waals surface area contributed by atoms with E-state index in [0.717, 1.165) is 38.5 Å². The van der Waals surface area contributed by atoms with Gasteiger partial charge in [-0.05, 0) is 68.6 Å². The summed E-state index contributed by atoms with van der Waals surface area (Å²) in [6.07, 6.45) is 9.15. The minimum atomic E-state index is -0.254. The number of carbonyl (C=O) groups excluding carboxylic acids is 2. The molecule has 0 aromatic heterocycles. The van der Waals surface area contributed by atoms with Gasteiger partial charge in [0.2, 0.25) is 0 Å². The molecule has 0 amide bonds. The van der Waals surface area contributed by atoms with Gasteiger partial charge in [-0.1, -0.05) is 5.57 Å². The Morgan fingerprint density at radius 3 is 2.81 bits per heavy atom. The number of carbonyl (C=O) groups is 2. The number of rotatable bonds is 0. The number of ether oxygens (including phenoxy) is 1. The molecule has 0 spiro atoms. The van der Waals surface area contributed by atoms with Crippen molar-refractivity contribution in [3.63, 3.8) is 0 Å². The van der Waals surface area contributed by atoms with Crippen LogP contribution in [-0.4, -0.2) is 17.4 Å². The van der Waals surface area contributed by atoms with E-state index in [1.54, 1.807) is 5.57 Å².